The number of nitrogens with one attached hydrogen (secondary N) is 2. The van der Waals surface area contributed by atoms with Crippen LogP contribution in [0.1, 0.15) is 13.8 Å². The topological polar surface area (TPSA) is 61.4 Å². The molecule has 1 aromatic rings. The summed E-state index contributed by atoms with van der Waals surface area (Å²) in [6.45, 7) is 6.97. The van der Waals surface area contributed by atoms with E-state index in [0.717, 1.165) is 13.1 Å². The van der Waals surface area contributed by atoms with Crippen molar-refractivity contribution in [3.05, 3.63) is 30.1 Å². The highest BCUT2D eigenvalue weighted by atomic mass is 19.1. The molecule has 0 aromatic heterocycles. The van der Waals surface area contributed by atoms with E-state index in [1.807, 2.05) is 13.8 Å². The Morgan fingerprint density at radius 3 is 2.25 bits per heavy atom. The Labute approximate surface area is 118 Å². The minimum Gasteiger partial charge on any atom is -0.347 e. The van der Waals surface area contributed by atoms with E-state index in [1.54, 1.807) is 0 Å². The van der Waals surface area contributed by atoms with Gasteiger partial charge in [0.15, 0.2) is 0 Å². The number of anilines is 1. The highest BCUT2D eigenvalue weighted by Crippen LogP contribution is 2.07. The molecule has 0 spiro atoms. The molecule has 0 radical (unpaired) electrons. The summed E-state index contributed by atoms with van der Waals surface area (Å²) < 4.78 is 12.7. The van der Waals surface area contributed by atoms with Crippen LogP contribution in [0, 0.1) is 5.82 Å². The van der Waals surface area contributed by atoms with E-state index in [1.165, 1.54) is 24.3 Å². The quantitative estimate of drug-likeness (QED) is 0.771. The normalized spacial score (nSPS) is 10.4. The molecule has 0 unspecified atom stereocenters. The van der Waals surface area contributed by atoms with Gasteiger partial charge < -0.3 is 15.5 Å². The van der Waals surface area contributed by atoms with E-state index in [4.69, 9.17) is 0 Å². The molecule has 0 fully saturated rings. The number of nitrogens with zero attached hydrogens (tertiary/aromatic N) is 1. The van der Waals surface area contributed by atoms with Gasteiger partial charge in [-0.25, -0.2) is 4.39 Å². The predicted octanol–water partition coefficient (Wildman–Crippen LogP) is 1.22. The second-order valence-corrected chi connectivity index (χ2v) is 4.24. The van der Waals surface area contributed by atoms with Gasteiger partial charge in [-0.3, -0.25) is 9.59 Å². The first-order chi connectivity index (χ1) is 9.56. The summed E-state index contributed by atoms with van der Waals surface area (Å²) in [5.74, 6) is -1.84. The summed E-state index contributed by atoms with van der Waals surface area (Å²) in [5.41, 5.74) is 0.385. The van der Waals surface area contributed by atoms with E-state index >= 15 is 0 Å². The molecule has 0 aliphatic carbocycles. The van der Waals surface area contributed by atoms with Crippen LogP contribution in [-0.4, -0.2) is 42.9 Å². The van der Waals surface area contributed by atoms with Crippen LogP contribution in [-0.2, 0) is 9.59 Å². The number of carbonyl (C=O) groups excluding carboxylic acids is 2. The lowest BCUT2D eigenvalue weighted by molar-refractivity contribution is -0.136. The van der Waals surface area contributed by atoms with Gasteiger partial charge in [-0.15, -0.1) is 0 Å². The number of amides is 2. The van der Waals surface area contributed by atoms with Crippen molar-refractivity contribution in [2.75, 3.05) is 31.5 Å². The monoisotopic (exact) mass is 281 g/mol. The number of halogens is 1. The first kappa shape index (κ1) is 16.1. The molecule has 0 bridgehead atoms. The molecule has 1 aromatic carbocycles. The molecule has 110 valence electrons. The molecule has 0 saturated carbocycles. The maximum atomic E-state index is 12.7. The van der Waals surface area contributed by atoms with Crippen molar-refractivity contribution in [3.8, 4) is 0 Å². The van der Waals surface area contributed by atoms with Crippen LogP contribution in [0.3, 0.4) is 0 Å². The van der Waals surface area contributed by atoms with Crippen LogP contribution in [0.25, 0.3) is 0 Å². The van der Waals surface area contributed by atoms with Crippen molar-refractivity contribution in [2.24, 2.45) is 0 Å². The van der Waals surface area contributed by atoms with E-state index in [-0.39, 0.29) is 0 Å². The highest BCUT2D eigenvalue weighted by Gasteiger charge is 2.13. The van der Waals surface area contributed by atoms with Gasteiger partial charge in [0.05, 0.1) is 0 Å². The SMILES string of the molecule is CCN(CC)CCNC(=O)C(=O)Nc1ccc(F)cc1. The first-order valence-corrected chi connectivity index (χ1v) is 6.64. The fraction of sp³-hybridized carbons (Fsp3) is 0.429. The molecule has 5 nitrogen and oxygen atoms in total. The van der Waals surface area contributed by atoms with Gasteiger partial charge in [-0.05, 0) is 37.4 Å². The molecule has 20 heavy (non-hydrogen) atoms. The zero-order valence-electron chi connectivity index (χ0n) is 11.8. The number of benzene rings is 1. The third-order valence-corrected chi connectivity index (χ3v) is 2.92. The number of carbonyl (C=O) groups is 2. The molecule has 1 rings (SSSR count). The number of likely N-dealkylation sites (N-methyl/N-ethyl adjacent to an activating group) is 1. The standard InChI is InChI=1S/C14H20FN3O2/c1-3-18(4-2)10-9-16-13(19)14(20)17-12-7-5-11(15)6-8-12/h5-8H,3-4,9-10H2,1-2H3,(H,16,19)(H,17,20). The molecule has 0 aliphatic heterocycles. The van der Waals surface area contributed by atoms with Gasteiger partial charge in [-0.2, -0.15) is 0 Å². The summed E-state index contributed by atoms with van der Waals surface area (Å²) >= 11 is 0. The van der Waals surface area contributed by atoms with Crippen molar-refractivity contribution < 1.29 is 14.0 Å². The molecular weight excluding hydrogens is 261 g/mol. The Bertz CT molecular complexity index is 444. The van der Waals surface area contributed by atoms with Crippen LogP contribution in [0.2, 0.25) is 0 Å². The van der Waals surface area contributed by atoms with E-state index in [0.29, 0.717) is 18.8 Å². The molecule has 2 amide bonds. The molecule has 6 heteroatoms. The van der Waals surface area contributed by atoms with Crippen molar-refractivity contribution >= 4 is 17.5 Å². The van der Waals surface area contributed by atoms with Crippen molar-refractivity contribution in [1.82, 2.24) is 10.2 Å². The largest absolute Gasteiger partial charge is 0.347 e. The Balaban J connectivity index is 2.36. The van der Waals surface area contributed by atoms with E-state index in [9.17, 15) is 14.0 Å². The zero-order chi connectivity index (χ0) is 15.0. The minimum absolute atomic E-state index is 0.385. The zero-order valence-corrected chi connectivity index (χ0v) is 11.8. The highest BCUT2D eigenvalue weighted by molar-refractivity contribution is 6.39. The Morgan fingerprint density at radius 2 is 1.70 bits per heavy atom. The fourth-order valence-electron chi connectivity index (χ4n) is 1.67. The summed E-state index contributed by atoms with van der Waals surface area (Å²) in [6.07, 6.45) is 0. The van der Waals surface area contributed by atoms with Crippen LogP contribution in [0.4, 0.5) is 10.1 Å². The Hall–Kier alpha value is -1.95. The molecule has 2 N–H and O–H groups in total. The lowest BCUT2D eigenvalue weighted by atomic mass is 10.3. The van der Waals surface area contributed by atoms with Crippen molar-refractivity contribution in [3.63, 3.8) is 0 Å². The Morgan fingerprint density at radius 1 is 1.10 bits per heavy atom. The van der Waals surface area contributed by atoms with E-state index in [2.05, 4.69) is 15.5 Å². The first-order valence-electron chi connectivity index (χ1n) is 6.64. The number of hydrogen-bond acceptors (Lipinski definition) is 3. The van der Waals surface area contributed by atoms with Crippen molar-refractivity contribution in [1.29, 1.82) is 0 Å². The van der Waals surface area contributed by atoms with Gasteiger partial charge in [0.2, 0.25) is 0 Å². The third-order valence-electron chi connectivity index (χ3n) is 2.92. The van der Waals surface area contributed by atoms with Gasteiger partial charge in [0.25, 0.3) is 0 Å². The van der Waals surface area contributed by atoms with E-state index < -0.39 is 17.6 Å². The molecular formula is C14H20FN3O2. The third kappa shape index (κ3) is 5.36. The average Bonchev–Trinajstić information content (AvgIpc) is 2.45. The summed E-state index contributed by atoms with van der Waals surface area (Å²) in [5, 5.41) is 4.95. The van der Waals surface area contributed by atoms with Crippen LogP contribution >= 0.6 is 0 Å². The van der Waals surface area contributed by atoms with Gasteiger partial charge in [0.1, 0.15) is 5.82 Å². The maximum Gasteiger partial charge on any atom is 0.313 e. The smallest absolute Gasteiger partial charge is 0.313 e. The summed E-state index contributed by atoms with van der Waals surface area (Å²) in [6, 6.07) is 5.23. The second-order valence-electron chi connectivity index (χ2n) is 4.24. The van der Waals surface area contributed by atoms with Crippen LogP contribution in [0.15, 0.2) is 24.3 Å². The van der Waals surface area contributed by atoms with Gasteiger partial charge in [0, 0.05) is 18.8 Å². The van der Waals surface area contributed by atoms with Gasteiger partial charge >= 0.3 is 11.8 Å². The van der Waals surface area contributed by atoms with Crippen molar-refractivity contribution in [2.45, 2.75) is 13.8 Å². The summed E-state index contributed by atoms with van der Waals surface area (Å²) in [7, 11) is 0. The average molecular weight is 281 g/mol. The molecule has 0 heterocycles. The lowest BCUT2D eigenvalue weighted by Crippen LogP contribution is -2.40. The second kappa shape index (κ2) is 8.27. The summed E-state index contributed by atoms with van der Waals surface area (Å²) in [4.78, 5) is 25.3. The van der Waals surface area contributed by atoms with Gasteiger partial charge in [-0.1, -0.05) is 13.8 Å². The molecule has 0 atom stereocenters. The van der Waals surface area contributed by atoms with Crippen LogP contribution < -0.4 is 10.6 Å². The fourth-order valence-corrected chi connectivity index (χ4v) is 1.67. The number of rotatable bonds is 6. The Kier molecular flexibility index (Phi) is 6.66. The minimum atomic E-state index is -0.754. The molecule has 0 aliphatic rings. The lowest BCUT2D eigenvalue weighted by Gasteiger charge is -2.17. The van der Waals surface area contributed by atoms with Crippen LogP contribution in [0.5, 0.6) is 0 Å². The number of hydrogen-bond donors (Lipinski definition) is 2. The maximum absolute atomic E-state index is 12.7. The molecule has 0 saturated heterocycles. The predicted molar refractivity (Wildman–Crippen MR) is 75.8 cm³/mol.